The molecule has 3 rings (SSSR count). The summed E-state index contributed by atoms with van der Waals surface area (Å²) < 4.78 is 41.8. The van der Waals surface area contributed by atoms with E-state index in [1.165, 1.54) is 54.0 Å². The lowest BCUT2D eigenvalue weighted by molar-refractivity contribution is -0.133. The van der Waals surface area contributed by atoms with Crippen LogP contribution in [0.15, 0.2) is 77.7 Å². The van der Waals surface area contributed by atoms with Gasteiger partial charge in [-0.2, -0.15) is 4.31 Å². The number of aromatic hydroxyl groups is 1. The van der Waals surface area contributed by atoms with Crippen LogP contribution < -0.4 is 5.48 Å². The lowest BCUT2D eigenvalue weighted by Crippen LogP contribution is -2.42. The summed E-state index contributed by atoms with van der Waals surface area (Å²) in [7, 11) is -4.39. The van der Waals surface area contributed by atoms with Crippen LogP contribution in [-0.4, -0.2) is 35.2 Å². The molecule has 0 saturated heterocycles. The molecule has 1 unspecified atom stereocenters. The van der Waals surface area contributed by atoms with Crippen LogP contribution in [-0.2, 0) is 21.4 Å². The monoisotopic (exact) mass is 458 g/mol. The number of benzene rings is 3. The van der Waals surface area contributed by atoms with E-state index in [2.05, 4.69) is 0 Å². The first-order chi connectivity index (χ1) is 15.3. The van der Waals surface area contributed by atoms with Crippen molar-refractivity contribution in [2.45, 2.75) is 17.5 Å². The van der Waals surface area contributed by atoms with E-state index in [4.69, 9.17) is 0 Å². The number of phenols is 1. The molecule has 0 heterocycles. The van der Waals surface area contributed by atoms with Gasteiger partial charge in [0.05, 0.1) is 4.90 Å². The molecular weight excluding hydrogens is 439 g/mol. The third-order valence-corrected chi connectivity index (χ3v) is 6.53. The molecule has 166 valence electrons. The summed E-state index contributed by atoms with van der Waals surface area (Å²) in [5.74, 6) is -1.95. The van der Waals surface area contributed by atoms with Gasteiger partial charge in [0.1, 0.15) is 23.9 Å². The van der Waals surface area contributed by atoms with Crippen molar-refractivity contribution in [3.05, 3.63) is 95.3 Å². The zero-order valence-electron chi connectivity index (χ0n) is 16.6. The van der Waals surface area contributed by atoms with Crippen molar-refractivity contribution in [1.82, 2.24) is 9.79 Å². The van der Waals surface area contributed by atoms with Gasteiger partial charge in [0.25, 0.3) is 5.91 Å². The average molecular weight is 458 g/mol. The molecule has 1 atom stereocenters. The van der Waals surface area contributed by atoms with Crippen LogP contribution in [0.25, 0.3) is 0 Å². The molecule has 3 aromatic carbocycles. The highest BCUT2D eigenvalue weighted by atomic mass is 32.2. The maximum atomic E-state index is 13.9. The largest absolute Gasteiger partial charge is 0.508 e. The molecule has 0 saturated carbocycles. The van der Waals surface area contributed by atoms with E-state index in [0.29, 0.717) is 17.4 Å². The Hall–Kier alpha value is -3.60. The van der Waals surface area contributed by atoms with Crippen LogP contribution in [0.5, 0.6) is 5.75 Å². The van der Waals surface area contributed by atoms with E-state index in [9.17, 15) is 32.7 Å². The van der Waals surface area contributed by atoms with Crippen molar-refractivity contribution >= 4 is 22.2 Å². The van der Waals surface area contributed by atoms with E-state index in [0.717, 1.165) is 28.6 Å². The predicted molar refractivity (Wildman–Crippen MR) is 112 cm³/mol. The summed E-state index contributed by atoms with van der Waals surface area (Å²) in [6, 6.07) is 13.8. The van der Waals surface area contributed by atoms with Crippen molar-refractivity contribution < 1.29 is 32.7 Å². The fourth-order valence-electron chi connectivity index (χ4n) is 3.14. The highest BCUT2D eigenvalue weighted by Gasteiger charge is 2.37. The number of aldehydes is 1. The Balaban J connectivity index is 2.17. The molecule has 1 amide bonds. The normalized spacial score (nSPS) is 12.3. The average Bonchev–Trinajstić information content (AvgIpc) is 2.79. The maximum absolute atomic E-state index is 13.9. The topological polar surface area (TPSA) is 124 Å². The standard InChI is InChI=1S/C22H19FN2O6S/c23-18-3-1-2-17(12-18)21(22(28)24-29)25(13-15-4-6-16(14-26)7-5-15)32(30,31)20-10-8-19(27)9-11-20/h1-12,14,21,27,29H,13H2,(H,24,28). The van der Waals surface area contributed by atoms with Gasteiger partial charge in [-0.25, -0.2) is 18.3 Å². The Labute approximate surface area is 183 Å². The molecule has 0 fully saturated rings. The van der Waals surface area contributed by atoms with E-state index in [1.807, 2.05) is 0 Å². The summed E-state index contributed by atoms with van der Waals surface area (Å²) in [6.07, 6.45) is 0.628. The molecule has 0 aliphatic rings. The van der Waals surface area contributed by atoms with Crippen molar-refractivity contribution in [3.63, 3.8) is 0 Å². The summed E-state index contributed by atoms with van der Waals surface area (Å²) in [6.45, 7) is -0.336. The van der Waals surface area contributed by atoms with Gasteiger partial charge >= 0.3 is 0 Å². The maximum Gasteiger partial charge on any atom is 0.266 e. The molecule has 0 aliphatic heterocycles. The fourth-order valence-corrected chi connectivity index (χ4v) is 4.70. The lowest BCUT2D eigenvalue weighted by Gasteiger charge is -2.30. The molecule has 3 N–H and O–H groups in total. The summed E-state index contributed by atoms with van der Waals surface area (Å²) in [5, 5.41) is 18.8. The number of nitrogens with one attached hydrogen (secondary N) is 1. The van der Waals surface area contributed by atoms with Crippen molar-refractivity contribution in [2.24, 2.45) is 0 Å². The highest BCUT2D eigenvalue weighted by Crippen LogP contribution is 2.31. The highest BCUT2D eigenvalue weighted by molar-refractivity contribution is 7.89. The fraction of sp³-hybridized carbons (Fsp3) is 0.0909. The van der Waals surface area contributed by atoms with Crippen LogP contribution in [0.3, 0.4) is 0 Å². The van der Waals surface area contributed by atoms with Gasteiger partial charge < -0.3 is 5.11 Å². The number of sulfonamides is 1. The minimum absolute atomic E-state index is 0.0107. The number of carbonyl (C=O) groups excluding carboxylic acids is 2. The minimum atomic E-state index is -4.39. The second kappa shape index (κ2) is 9.69. The van der Waals surface area contributed by atoms with Gasteiger partial charge in [-0.05, 0) is 47.5 Å². The van der Waals surface area contributed by atoms with Crippen LogP contribution in [0, 0.1) is 5.82 Å². The number of amides is 1. The van der Waals surface area contributed by atoms with Gasteiger partial charge in [-0.15, -0.1) is 0 Å². The Morgan fingerprint density at radius 2 is 1.72 bits per heavy atom. The third kappa shape index (κ3) is 4.99. The quantitative estimate of drug-likeness (QED) is 0.271. The molecule has 8 nitrogen and oxygen atoms in total. The van der Waals surface area contributed by atoms with Gasteiger partial charge in [0.15, 0.2) is 0 Å². The molecule has 0 aliphatic carbocycles. The number of phenolic OH excluding ortho intramolecular Hbond substituents is 1. The number of rotatable bonds is 8. The van der Waals surface area contributed by atoms with E-state index < -0.39 is 27.8 Å². The number of carbonyl (C=O) groups is 2. The van der Waals surface area contributed by atoms with Crippen LogP contribution in [0.4, 0.5) is 4.39 Å². The first kappa shape index (κ1) is 23.1. The number of hydrogen-bond donors (Lipinski definition) is 3. The summed E-state index contributed by atoms with van der Waals surface area (Å²) in [4.78, 5) is 23.3. The molecule has 32 heavy (non-hydrogen) atoms. The van der Waals surface area contributed by atoms with Gasteiger partial charge in [-0.3, -0.25) is 14.8 Å². The number of hydrogen-bond acceptors (Lipinski definition) is 6. The smallest absolute Gasteiger partial charge is 0.266 e. The number of hydroxylamine groups is 1. The van der Waals surface area contributed by atoms with Gasteiger partial charge in [0.2, 0.25) is 10.0 Å². The molecular formula is C22H19FN2O6S. The van der Waals surface area contributed by atoms with Crippen molar-refractivity contribution in [3.8, 4) is 5.75 Å². The second-order valence-electron chi connectivity index (χ2n) is 6.84. The van der Waals surface area contributed by atoms with E-state index in [1.54, 1.807) is 0 Å². The Kier molecular flexibility index (Phi) is 6.98. The van der Waals surface area contributed by atoms with E-state index in [-0.39, 0.29) is 22.8 Å². The zero-order chi connectivity index (χ0) is 23.3. The van der Waals surface area contributed by atoms with Crippen molar-refractivity contribution in [1.29, 1.82) is 0 Å². The Morgan fingerprint density at radius 3 is 2.28 bits per heavy atom. The van der Waals surface area contributed by atoms with Crippen LogP contribution >= 0.6 is 0 Å². The third-order valence-electron chi connectivity index (χ3n) is 4.71. The first-order valence-electron chi connectivity index (χ1n) is 9.30. The molecule has 0 aromatic heterocycles. The Bertz CT molecular complexity index is 1210. The lowest BCUT2D eigenvalue weighted by atomic mass is 10.1. The predicted octanol–water partition coefficient (Wildman–Crippen LogP) is 2.78. The summed E-state index contributed by atoms with van der Waals surface area (Å²) >= 11 is 0. The molecule has 0 spiro atoms. The minimum Gasteiger partial charge on any atom is -0.508 e. The molecule has 0 radical (unpaired) electrons. The van der Waals surface area contributed by atoms with Crippen LogP contribution in [0.2, 0.25) is 0 Å². The number of halogens is 1. The van der Waals surface area contributed by atoms with E-state index >= 15 is 0 Å². The molecule has 3 aromatic rings. The second-order valence-corrected chi connectivity index (χ2v) is 8.73. The molecule has 10 heteroatoms. The summed E-state index contributed by atoms with van der Waals surface area (Å²) in [5.41, 5.74) is 2.24. The van der Waals surface area contributed by atoms with Crippen LogP contribution in [0.1, 0.15) is 27.5 Å². The SMILES string of the molecule is O=Cc1ccc(CN(C(C(=O)NO)c2cccc(F)c2)S(=O)(=O)c2ccc(O)cc2)cc1. The number of nitrogens with zero attached hydrogens (tertiary/aromatic N) is 1. The van der Waals surface area contributed by atoms with Crippen molar-refractivity contribution in [2.75, 3.05) is 0 Å². The van der Waals surface area contributed by atoms with Gasteiger partial charge in [0, 0.05) is 12.1 Å². The molecule has 0 bridgehead atoms. The first-order valence-corrected chi connectivity index (χ1v) is 10.7. The Morgan fingerprint density at radius 1 is 1.06 bits per heavy atom. The zero-order valence-corrected chi connectivity index (χ0v) is 17.4. The van der Waals surface area contributed by atoms with Gasteiger partial charge in [-0.1, -0.05) is 36.4 Å².